The van der Waals surface area contributed by atoms with Gasteiger partial charge in [-0.2, -0.15) is 0 Å². The van der Waals surface area contributed by atoms with E-state index in [9.17, 15) is 4.79 Å². The molecule has 0 fully saturated rings. The Labute approximate surface area is 106 Å². The van der Waals surface area contributed by atoms with E-state index < -0.39 is 0 Å². The number of benzene rings is 1. The average molecular weight is 243 g/mol. The van der Waals surface area contributed by atoms with Crippen LogP contribution in [0, 0.1) is 0 Å². The van der Waals surface area contributed by atoms with Gasteiger partial charge in [-0.05, 0) is 18.4 Å². The van der Waals surface area contributed by atoms with Crippen molar-refractivity contribution in [3.05, 3.63) is 54.1 Å². The smallest absolute Gasteiger partial charge is 0.237 e. The average Bonchev–Trinajstić information content (AvgIpc) is 2.77. The van der Waals surface area contributed by atoms with Gasteiger partial charge in [-0.25, -0.2) is 4.98 Å². The summed E-state index contributed by atoms with van der Waals surface area (Å²) in [5.41, 5.74) is 6.51. The summed E-state index contributed by atoms with van der Waals surface area (Å²) < 4.78 is 1.81. The lowest BCUT2D eigenvalue weighted by atomic mass is 10.1. The van der Waals surface area contributed by atoms with Crippen LogP contribution >= 0.6 is 0 Å². The molecule has 0 unspecified atom stereocenters. The highest BCUT2D eigenvalue weighted by Crippen LogP contribution is 2.07. The summed E-state index contributed by atoms with van der Waals surface area (Å²) in [5.74, 6) is 0.585. The molecule has 2 aromatic rings. The van der Waals surface area contributed by atoms with Gasteiger partial charge in [0.05, 0.1) is 0 Å². The van der Waals surface area contributed by atoms with Gasteiger partial charge in [-0.15, -0.1) is 0 Å². The molecule has 1 aromatic carbocycles. The largest absolute Gasteiger partial charge is 0.368 e. The Morgan fingerprint density at radius 2 is 2.00 bits per heavy atom. The number of aromatic nitrogens is 2. The van der Waals surface area contributed by atoms with Crippen molar-refractivity contribution in [3.63, 3.8) is 0 Å². The molecule has 94 valence electrons. The van der Waals surface area contributed by atoms with Crippen LogP contribution in [0.25, 0.3) is 0 Å². The quantitative estimate of drug-likeness (QED) is 0.836. The first-order valence-electron chi connectivity index (χ1n) is 6.08. The van der Waals surface area contributed by atoms with Crippen molar-refractivity contribution in [3.8, 4) is 0 Å². The number of nitrogens with zero attached hydrogens (tertiary/aromatic N) is 2. The third-order valence-electron chi connectivity index (χ3n) is 2.84. The van der Waals surface area contributed by atoms with Crippen molar-refractivity contribution in [2.75, 3.05) is 0 Å². The van der Waals surface area contributed by atoms with E-state index in [4.69, 9.17) is 5.73 Å². The highest BCUT2D eigenvalue weighted by molar-refractivity contribution is 5.73. The first-order valence-corrected chi connectivity index (χ1v) is 6.08. The molecule has 0 saturated heterocycles. The Hall–Kier alpha value is -2.10. The van der Waals surface area contributed by atoms with Crippen molar-refractivity contribution >= 4 is 5.91 Å². The van der Waals surface area contributed by atoms with Crippen LogP contribution in [0.15, 0.2) is 42.7 Å². The molecule has 0 aliphatic heterocycles. The van der Waals surface area contributed by atoms with E-state index in [1.807, 2.05) is 22.8 Å². The molecule has 0 atom stereocenters. The van der Waals surface area contributed by atoms with Gasteiger partial charge in [0.2, 0.25) is 5.91 Å². The second-order valence-electron chi connectivity index (χ2n) is 4.28. The lowest BCUT2D eigenvalue weighted by Crippen LogP contribution is -2.19. The van der Waals surface area contributed by atoms with Gasteiger partial charge >= 0.3 is 0 Å². The Morgan fingerprint density at radius 3 is 2.72 bits per heavy atom. The molecule has 0 aliphatic rings. The van der Waals surface area contributed by atoms with Crippen LogP contribution in [-0.4, -0.2) is 15.5 Å². The molecule has 0 radical (unpaired) electrons. The maximum Gasteiger partial charge on any atom is 0.237 e. The summed E-state index contributed by atoms with van der Waals surface area (Å²) in [6.45, 7) is 0.209. The minimum Gasteiger partial charge on any atom is -0.368 e. The molecule has 2 N–H and O–H groups in total. The van der Waals surface area contributed by atoms with E-state index in [2.05, 4.69) is 17.1 Å². The van der Waals surface area contributed by atoms with Crippen LogP contribution in [0.3, 0.4) is 0 Å². The minimum atomic E-state index is -0.336. The number of imidazole rings is 1. The topological polar surface area (TPSA) is 60.9 Å². The third kappa shape index (κ3) is 3.45. The number of rotatable bonds is 6. The van der Waals surface area contributed by atoms with Crippen molar-refractivity contribution in [2.24, 2.45) is 5.73 Å². The molecule has 1 aromatic heterocycles. The van der Waals surface area contributed by atoms with Gasteiger partial charge in [0.25, 0.3) is 0 Å². The Balaban J connectivity index is 1.87. The number of amides is 1. The SMILES string of the molecule is NC(=O)Cn1ccnc1CCCc1ccccc1. The van der Waals surface area contributed by atoms with Crippen LogP contribution in [0.5, 0.6) is 0 Å². The molecule has 2 rings (SSSR count). The summed E-state index contributed by atoms with van der Waals surface area (Å²) in [7, 11) is 0. The first-order chi connectivity index (χ1) is 8.75. The zero-order chi connectivity index (χ0) is 12.8. The molecule has 4 nitrogen and oxygen atoms in total. The molecule has 0 bridgehead atoms. The van der Waals surface area contributed by atoms with Gasteiger partial charge in [0.15, 0.2) is 0 Å². The van der Waals surface area contributed by atoms with Crippen LogP contribution in [-0.2, 0) is 24.2 Å². The summed E-state index contributed by atoms with van der Waals surface area (Å²) in [6.07, 6.45) is 6.39. The fraction of sp³-hybridized carbons (Fsp3) is 0.286. The normalized spacial score (nSPS) is 10.4. The van der Waals surface area contributed by atoms with Gasteiger partial charge in [-0.1, -0.05) is 30.3 Å². The molecule has 0 spiro atoms. The predicted molar refractivity (Wildman–Crippen MR) is 69.9 cm³/mol. The number of primary amides is 1. The monoisotopic (exact) mass is 243 g/mol. The lowest BCUT2D eigenvalue weighted by Gasteiger charge is -2.05. The van der Waals surface area contributed by atoms with Gasteiger partial charge in [0, 0.05) is 18.8 Å². The standard InChI is InChI=1S/C14H17N3O/c15-13(18)11-17-10-9-16-14(17)8-4-7-12-5-2-1-3-6-12/h1-3,5-6,9-10H,4,7-8,11H2,(H2,15,18). The summed E-state index contributed by atoms with van der Waals surface area (Å²) in [4.78, 5) is 15.1. The highest BCUT2D eigenvalue weighted by Gasteiger charge is 2.05. The number of hydrogen-bond donors (Lipinski definition) is 1. The molecule has 1 heterocycles. The zero-order valence-corrected chi connectivity index (χ0v) is 10.2. The van der Waals surface area contributed by atoms with E-state index in [-0.39, 0.29) is 12.5 Å². The highest BCUT2D eigenvalue weighted by atomic mass is 16.1. The number of nitrogens with two attached hydrogens (primary N) is 1. The molecular formula is C14H17N3O. The number of carbonyl (C=O) groups excluding carboxylic acids is 1. The van der Waals surface area contributed by atoms with E-state index >= 15 is 0 Å². The minimum absolute atomic E-state index is 0.209. The van der Waals surface area contributed by atoms with E-state index in [0.29, 0.717) is 0 Å². The van der Waals surface area contributed by atoms with Crippen molar-refractivity contribution in [2.45, 2.75) is 25.8 Å². The van der Waals surface area contributed by atoms with E-state index in [0.717, 1.165) is 25.1 Å². The molecule has 0 saturated carbocycles. The van der Waals surface area contributed by atoms with Crippen molar-refractivity contribution < 1.29 is 4.79 Å². The molecule has 18 heavy (non-hydrogen) atoms. The molecule has 1 amide bonds. The Kier molecular flexibility index (Phi) is 4.12. The maximum atomic E-state index is 10.9. The summed E-state index contributed by atoms with van der Waals surface area (Å²) in [5, 5.41) is 0. The summed E-state index contributed by atoms with van der Waals surface area (Å²) >= 11 is 0. The van der Waals surface area contributed by atoms with Crippen molar-refractivity contribution in [1.29, 1.82) is 0 Å². The zero-order valence-electron chi connectivity index (χ0n) is 10.2. The van der Waals surface area contributed by atoms with Crippen LogP contribution in [0.4, 0.5) is 0 Å². The predicted octanol–water partition coefficient (Wildman–Crippen LogP) is 1.54. The Bertz CT molecular complexity index is 505. The number of hydrogen-bond acceptors (Lipinski definition) is 2. The molecular weight excluding hydrogens is 226 g/mol. The summed E-state index contributed by atoms with van der Waals surface area (Å²) in [6, 6.07) is 10.3. The van der Waals surface area contributed by atoms with Gasteiger partial charge in [0.1, 0.15) is 12.4 Å². The fourth-order valence-corrected chi connectivity index (χ4v) is 1.98. The maximum absolute atomic E-state index is 10.9. The van der Waals surface area contributed by atoms with Gasteiger partial charge in [-0.3, -0.25) is 4.79 Å². The second kappa shape index (κ2) is 6.00. The van der Waals surface area contributed by atoms with Gasteiger partial charge < -0.3 is 10.3 Å². The van der Waals surface area contributed by atoms with Crippen LogP contribution < -0.4 is 5.73 Å². The third-order valence-corrected chi connectivity index (χ3v) is 2.84. The number of carbonyl (C=O) groups is 1. The van der Waals surface area contributed by atoms with Crippen molar-refractivity contribution in [1.82, 2.24) is 9.55 Å². The fourth-order valence-electron chi connectivity index (χ4n) is 1.98. The number of aryl methyl sites for hydroxylation is 2. The second-order valence-corrected chi connectivity index (χ2v) is 4.28. The lowest BCUT2D eigenvalue weighted by molar-refractivity contribution is -0.118. The van der Waals surface area contributed by atoms with Crippen LogP contribution in [0.2, 0.25) is 0 Å². The molecule has 0 aliphatic carbocycles. The first kappa shape index (κ1) is 12.4. The Morgan fingerprint density at radius 1 is 1.22 bits per heavy atom. The molecule has 4 heteroatoms. The van der Waals surface area contributed by atoms with Crippen LogP contribution in [0.1, 0.15) is 17.8 Å². The van der Waals surface area contributed by atoms with E-state index in [1.165, 1.54) is 5.56 Å². The van der Waals surface area contributed by atoms with E-state index in [1.54, 1.807) is 12.4 Å².